The molecule has 0 radical (unpaired) electrons. The molecule has 0 unspecified atom stereocenters. The highest BCUT2D eigenvalue weighted by Crippen LogP contribution is 2.28. The van der Waals surface area contributed by atoms with Crippen molar-refractivity contribution in [2.45, 2.75) is 37.3 Å². The van der Waals surface area contributed by atoms with Crippen molar-refractivity contribution in [3.8, 4) is 0 Å². The van der Waals surface area contributed by atoms with Crippen molar-refractivity contribution in [2.24, 2.45) is 0 Å². The van der Waals surface area contributed by atoms with Gasteiger partial charge in [-0.25, -0.2) is 0 Å². The van der Waals surface area contributed by atoms with Crippen molar-refractivity contribution >= 4 is 0 Å². The highest BCUT2D eigenvalue weighted by atomic mass is 16.7. The van der Waals surface area contributed by atoms with Gasteiger partial charge in [0.1, 0.15) is 24.4 Å². The Labute approximate surface area is 137 Å². The quantitative estimate of drug-likeness (QED) is 0.724. The van der Waals surface area contributed by atoms with Crippen LogP contribution in [0.15, 0.2) is 30.3 Å². The van der Waals surface area contributed by atoms with Crippen molar-refractivity contribution < 1.29 is 28.4 Å². The Kier molecular flexibility index (Phi) is 7.42. The summed E-state index contributed by atoms with van der Waals surface area (Å²) in [6.07, 6.45) is -1.83. The van der Waals surface area contributed by atoms with Gasteiger partial charge in [-0.15, -0.1) is 0 Å². The molecular weight excluding hydrogens is 300 g/mol. The maximum Gasteiger partial charge on any atom is 0.187 e. The molecule has 0 bridgehead atoms. The molecule has 1 aromatic rings. The molecule has 1 saturated heterocycles. The van der Waals surface area contributed by atoms with Gasteiger partial charge >= 0.3 is 0 Å². The normalized spacial score (nSPS) is 31.2. The van der Waals surface area contributed by atoms with Crippen LogP contribution in [0.5, 0.6) is 0 Å². The van der Waals surface area contributed by atoms with E-state index in [4.69, 9.17) is 28.4 Å². The standard InChI is InChI=1S/C17H26O6/c1-18-11-13-14(19-2)15(20-3)16(21-4)17(23-13)22-10-12-8-6-5-7-9-12/h5-9,13-17H,10-11H2,1-4H3/t13-,14-,15+,16+,17+/m1/s1. The molecule has 6 nitrogen and oxygen atoms in total. The molecule has 0 spiro atoms. The Morgan fingerprint density at radius 2 is 1.52 bits per heavy atom. The Morgan fingerprint density at radius 1 is 0.870 bits per heavy atom. The third-order valence-electron chi connectivity index (χ3n) is 4.00. The molecule has 6 heteroatoms. The van der Waals surface area contributed by atoms with Crippen LogP contribution in [0, 0.1) is 0 Å². The Bertz CT molecular complexity index is 440. The van der Waals surface area contributed by atoms with Gasteiger partial charge in [-0.05, 0) is 5.56 Å². The minimum atomic E-state index is -0.559. The van der Waals surface area contributed by atoms with E-state index in [1.54, 1.807) is 28.4 Å². The molecule has 0 aromatic heterocycles. The fourth-order valence-corrected chi connectivity index (χ4v) is 2.87. The summed E-state index contributed by atoms with van der Waals surface area (Å²) in [5, 5.41) is 0. The zero-order valence-electron chi connectivity index (χ0n) is 14.1. The molecule has 1 heterocycles. The zero-order valence-corrected chi connectivity index (χ0v) is 14.1. The van der Waals surface area contributed by atoms with Crippen LogP contribution >= 0.6 is 0 Å². The summed E-state index contributed by atoms with van der Waals surface area (Å²) in [5.41, 5.74) is 1.07. The van der Waals surface area contributed by atoms with Gasteiger partial charge in [0.25, 0.3) is 0 Å². The maximum absolute atomic E-state index is 6.01. The maximum atomic E-state index is 6.01. The lowest BCUT2D eigenvalue weighted by Gasteiger charge is -2.44. The van der Waals surface area contributed by atoms with E-state index < -0.39 is 6.29 Å². The average Bonchev–Trinajstić information content (AvgIpc) is 2.60. The predicted molar refractivity (Wildman–Crippen MR) is 84.2 cm³/mol. The van der Waals surface area contributed by atoms with Crippen molar-refractivity contribution in [3.05, 3.63) is 35.9 Å². The molecule has 1 aliphatic heterocycles. The molecule has 130 valence electrons. The summed E-state index contributed by atoms with van der Waals surface area (Å²) >= 11 is 0. The highest BCUT2D eigenvalue weighted by molar-refractivity contribution is 5.13. The molecule has 23 heavy (non-hydrogen) atoms. The predicted octanol–water partition coefficient (Wildman–Crippen LogP) is 1.62. The summed E-state index contributed by atoms with van der Waals surface area (Å²) in [6.45, 7) is 0.819. The summed E-state index contributed by atoms with van der Waals surface area (Å²) in [6, 6.07) is 9.92. The van der Waals surface area contributed by atoms with Gasteiger partial charge in [0.05, 0.1) is 13.2 Å². The monoisotopic (exact) mass is 326 g/mol. The smallest absolute Gasteiger partial charge is 0.187 e. The van der Waals surface area contributed by atoms with Gasteiger partial charge in [0.15, 0.2) is 6.29 Å². The van der Waals surface area contributed by atoms with Gasteiger partial charge < -0.3 is 28.4 Å². The summed E-state index contributed by atoms with van der Waals surface area (Å²) in [5.74, 6) is 0. The highest BCUT2D eigenvalue weighted by Gasteiger charge is 2.47. The van der Waals surface area contributed by atoms with Crippen LogP contribution in [0.1, 0.15) is 5.56 Å². The number of rotatable bonds is 8. The minimum Gasteiger partial charge on any atom is -0.382 e. The van der Waals surface area contributed by atoms with Crippen LogP contribution in [0.2, 0.25) is 0 Å². The van der Waals surface area contributed by atoms with E-state index in [1.807, 2.05) is 30.3 Å². The molecule has 0 saturated carbocycles. The van der Waals surface area contributed by atoms with Crippen LogP contribution < -0.4 is 0 Å². The van der Waals surface area contributed by atoms with E-state index in [9.17, 15) is 0 Å². The second-order valence-electron chi connectivity index (χ2n) is 5.40. The van der Waals surface area contributed by atoms with Crippen LogP contribution in [0.3, 0.4) is 0 Å². The molecule has 2 rings (SSSR count). The number of hydrogen-bond donors (Lipinski definition) is 0. The average molecular weight is 326 g/mol. The first-order chi connectivity index (χ1) is 11.2. The third-order valence-corrected chi connectivity index (χ3v) is 4.00. The topological polar surface area (TPSA) is 55.4 Å². The van der Waals surface area contributed by atoms with E-state index in [0.29, 0.717) is 13.2 Å². The van der Waals surface area contributed by atoms with Crippen molar-refractivity contribution in [3.63, 3.8) is 0 Å². The van der Waals surface area contributed by atoms with Crippen molar-refractivity contribution in [2.75, 3.05) is 35.0 Å². The molecular formula is C17H26O6. The van der Waals surface area contributed by atoms with Gasteiger partial charge in [0, 0.05) is 28.4 Å². The van der Waals surface area contributed by atoms with E-state index in [-0.39, 0.29) is 24.4 Å². The fourth-order valence-electron chi connectivity index (χ4n) is 2.87. The number of methoxy groups -OCH3 is 4. The Morgan fingerprint density at radius 3 is 2.09 bits per heavy atom. The SMILES string of the molecule is COC[C@H]1O[C@H](OCc2ccccc2)[C@@H](OC)[C@@H](OC)[C@@H]1OC. The van der Waals surface area contributed by atoms with Crippen LogP contribution in [-0.2, 0) is 35.0 Å². The van der Waals surface area contributed by atoms with E-state index >= 15 is 0 Å². The van der Waals surface area contributed by atoms with Gasteiger partial charge in [0.2, 0.25) is 0 Å². The largest absolute Gasteiger partial charge is 0.382 e. The molecule has 0 aliphatic carbocycles. The first kappa shape index (κ1) is 18.3. The van der Waals surface area contributed by atoms with E-state index in [2.05, 4.69) is 0 Å². The first-order valence-corrected chi connectivity index (χ1v) is 7.63. The lowest BCUT2D eigenvalue weighted by Crippen LogP contribution is -2.61. The van der Waals surface area contributed by atoms with E-state index in [0.717, 1.165) is 5.56 Å². The third kappa shape index (κ3) is 4.50. The number of hydrogen-bond acceptors (Lipinski definition) is 6. The second-order valence-corrected chi connectivity index (χ2v) is 5.40. The minimum absolute atomic E-state index is 0.290. The summed E-state index contributed by atoms with van der Waals surface area (Å²) in [7, 11) is 6.50. The van der Waals surface area contributed by atoms with Gasteiger partial charge in [-0.1, -0.05) is 30.3 Å². The molecule has 1 fully saturated rings. The van der Waals surface area contributed by atoms with E-state index in [1.165, 1.54) is 0 Å². The Hall–Kier alpha value is -1.02. The first-order valence-electron chi connectivity index (χ1n) is 7.63. The van der Waals surface area contributed by atoms with Crippen LogP contribution in [0.25, 0.3) is 0 Å². The summed E-state index contributed by atoms with van der Waals surface area (Å²) in [4.78, 5) is 0. The molecule has 1 aliphatic rings. The molecule has 5 atom stereocenters. The lowest BCUT2D eigenvalue weighted by molar-refractivity contribution is -0.316. The fraction of sp³-hybridized carbons (Fsp3) is 0.647. The number of benzene rings is 1. The van der Waals surface area contributed by atoms with Gasteiger partial charge in [-0.3, -0.25) is 0 Å². The van der Waals surface area contributed by atoms with Crippen LogP contribution in [-0.4, -0.2) is 65.8 Å². The van der Waals surface area contributed by atoms with Crippen LogP contribution in [0.4, 0.5) is 0 Å². The summed E-state index contributed by atoms with van der Waals surface area (Å²) < 4.78 is 33.9. The Balaban J connectivity index is 2.09. The van der Waals surface area contributed by atoms with Gasteiger partial charge in [-0.2, -0.15) is 0 Å². The second kappa shape index (κ2) is 9.32. The number of ether oxygens (including phenoxy) is 6. The molecule has 0 N–H and O–H groups in total. The molecule has 1 aromatic carbocycles. The van der Waals surface area contributed by atoms with Crippen molar-refractivity contribution in [1.82, 2.24) is 0 Å². The van der Waals surface area contributed by atoms with Crippen molar-refractivity contribution in [1.29, 1.82) is 0 Å². The zero-order chi connectivity index (χ0) is 16.7. The lowest BCUT2D eigenvalue weighted by atomic mass is 9.98. The molecule has 0 amide bonds.